The highest BCUT2D eigenvalue weighted by Gasteiger charge is 1.98. The second-order valence-corrected chi connectivity index (χ2v) is 2.10. The molecule has 0 unspecified atom stereocenters. The van der Waals surface area contributed by atoms with Gasteiger partial charge in [0.25, 0.3) is 5.69 Å². The zero-order valence-electron chi connectivity index (χ0n) is 9.30. The number of nitro groups is 1. The van der Waals surface area contributed by atoms with Gasteiger partial charge in [0.15, 0.2) is 0 Å². The number of nitriles is 1. The molecular weight excluding hydrogens is 192 g/mol. The van der Waals surface area contributed by atoms with Crippen molar-refractivity contribution in [2.45, 2.75) is 27.2 Å². The molecule has 1 rings (SSSR count). The van der Waals surface area contributed by atoms with Gasteiger partial charge in [-0.2, -0.15) is 5.26 Å². The summed E-state index contributed by atoms with van der Waals surface area (Å²) in [4.78, 5) is 9.59. The van der Waals surface area contributed by atoms with Gasteiger partial charge in [-0.05, 0) is 0 Å². The summed E-state index contributed by atoms with van der Waals surface area (Å²) in [7, 11) is 0. The van der Waals surface area contributed by atoms with Crippen LogP contribution in [0.4, 0.5) is 5.69 Å². The highest BCUT2D eigenvalue weighted by molar-refractivity contribution is 5.27. The molecule has 0 saturated carbocycles. The average molecular weight is 208 g/mol. The predicted octanol–water partition coefficient (Wildman–Crippen LogP) is 3.54. The molecule has 15 heavy (non-hydrogen) atoms. The Kier molecular flexibility index (Phi) is 12.6. The first kappa shape index (κ1) is 15.6. The first-order valence-corrected chi connectivity index (χ1v) is 4.78. The Labute approximate surface area is 90.3 Å². The molecule has 0 aromatic heterocycles. The van der Waals surface area contributed by atoms with Crippen molar-refractivity contribution in [1.82, 2.24) is 0 Å². The molecule has 1 aromatic rings. The minimum Gasteiger partial charge on any atom is -0.258 e. The topological polar surface area (TPSA) is 66.9 Å². The van der Waals surface area contributed by atoms with E-state index in [2.05, 4.69) is 0 Å². The van der Waals surface area contributed by atoms with Gasteiger partial charge >= 0.3 is 0 Å². The van der Waals surface area contributed by atoms with Gasteiger partial charge in [0.1, 0.15) is 0 Å². The van der Waals surface area contributed by atoms with E-state index < -0.39 is 4.92 Å². The SMILES string of the molecule is CC.CCC#N.O=[N+]([O-])c1ccccc1. The van der Waals surface area contributed by atoms with Crippen LogP contribution in [0.5, 0.6) is 0 Å². The maximum atomic E-state index is 10.0. The van der Waals surface area contributed by atoms with Crippen LogP contribution in [-0.2, 0) is 0 Å². The lowest BCUT2D eigenvalue weighted by Gasteiger charge is -1.85. The number of rotatable bonds is 1. The number of hydrogen-bond acceptors (Lipinski definition) is 3. The van der Waals surface area contributed by atoms with E-state index in [-0.39, 0.29) is 5.69 Å². The van der Waals surface area contributed by atoms with Gasteiger partial charge in [-0.25, -0.2) is 0 Å². The molecule has 0 aliphatic rings. The van der Waals surface area contributed by atoms with Gasteiger partial charge < -0.3 is 0 Å². The lowest BCUT2D eigenvalue weighted by molar-refractivity contribution is -0.384. The smallest absolute Gasteiger partial charge is 0.258 e. The van der Waals surface area contributed by atoms with Crippen molar-refractivity contribution in [3.05, 3.63) is 40.4 Å². The van der Waals surface area contributed by atoms with E-state index in [0.29, 0.717) is 6.42 Å². The summed E-state index contributed by atoms with van der Waals surface area (Å²) in [6, 6.07) is 9.86. The lowest BCUT2D eigenvalue weighted by Crippen LogP contribution is -1.84. The molecule has 0 atom stereocenters. The Morgan fingerprint density at radius 1 is 1.33 bits per heavy atom. The lowest BCUT2D eigenvalue weighted by atomic mass is 10.3. The normalized spacial score (nSPS) is 7.07. The fraction of sp³-hybridized carbons (Fsp3) is 0.364. The largest absolute Gasteiger partial charge is 0.269 e. The van der Waals surface area contributed by atoms with Crippen molar-refractivity contribution in [3.63, 3.8) is 0 Å². The average Bonchev–Trinajstić information content (AvgIpc) is 2.33. The zero-order chi connectivity index (χ0) is 12.1. The van der Waals surface area contributed by atoms with Crippen LogP contribution in [0.2, 0.25) is 0 Å². The van der Waals surface area contributed by atoms with Crippen LogP contribution in [-0.4, -0.2) is 4.92 Å². The first-order valence-electron chi connectivity index (χ1n) is 4.78. The number of nitrogens with zero attached hydrogens (tertiary/aromatic N) is 2. The predicted molar refractivity (Wildman–Crippen MR) is 60.3 cm³/mol. The van der Waals surface area contributed by atoms with Crippen molar-refractivity contribution in [2.24, 2.45) is 0 Å². The van der Waals surface area contributed by atoms with E-state index in [1.807, 2.05) is 26.8 Å². The third-order valence-electron chi connectivity index (χ3n) is 1.13. The van der Waals surface area contributed by atoms with Crippen molar-refractivity contribution in [2.75, 3.05) is 0 Å². The number of non-ortho nitro benzene ring substituents is 1. The monoisotopic (exact) mass is 208 g/mol. The number of hydrogen-bond donors (Lipinski definition) is 0. The van der Waals surface area contributed by atoms with Crippen LogP contribution in [0.3, 0.4) is 0 Å². The number of para-hydroxylation sites is 1. The van der Waals surface area contributed by atoms with Crippen molar-refractivity contribution in [3.8, 4) is 6.07 Å². The van der Waals surface area contributed by atoms with Crippen molar-refractivity contribution < 1.29 is 4.92 Å². The summed E-state index contributed by atoms with van der Waals surface area (Å²) in [6.07, 6.45) is 0.625. The fourth-order valence-electron chi connectivity index (χ4n) is 0.550. The third kappa shape index (κ3) is 10.0. The molecule has 4 heteroatoms. The molecule has 0 aliphatic carbocycles. The molecular formula is C11H16N2O2. The summed E-state index contributed by atoms with van der Waals surface area (Å²) in [5, 5.41) is 17.6. The number of nitro benzene ring substituents is 1. The van der Waals surface area contributed by atoms with E-state index in [4.69, 9.17) is 5.26 Å². The van der Waals surface area contributed by atoms with Gasteiger partial charge in [-0.3, -0.25) is 10.1 Å². The van der Waals surface area contributed by atoms with Crippen LogP contribution in [0, 0.1) is 21.4 Å². The van der Waals surface area contributed by atoms with Gasteiger partial charge in [-0.15, -0.1) is 0 Å². The molecule has 0 N–H and O–H groups in total. The standard InChI is InChI=1S/C6H5NO2.C3H5N.C2H6/c8-7(9)6-4-2-1-3-5-6;1-2-3-4;1-2/h1-5H;2H2,1H3;1-2H3. The second-order valence-electron chi connectivity index (χ2n) is 2.10. The third-order valence-corrected chi connectivity index (χ3v) is 1.13. The summed E-state index contributed by atoms with van der Waals surface area (Å²) < 4.78 is 0. The molecule has 0 amide bonds. The molecule has 4 nitrogen and oxygen atoms in total. The Bertz CT molecular complexity index is 291. The van der Waals surface area contributed by atoms with Crippen molar-refractivity contribution in [1.29, 1.82) is 5.26 Å². The molecule has 0 radical (unpaired) electrons. The minimum absolute atomic E-state index is 0.137. The van der Waals surface area contributed by atoms with E-state index >= 15 is 0 Å². The highest BCUT2D eigenvalue weighted by atomic mass is 16.6. The quantitative estimate of drug-likeness (QED) is 0.523. The van der Waals surface area contributed by atoms with Gasteiger partial charge in [0, 0.05) is 18.6 Å². The van der Waals surface area contributed by atoms with Gasteiger partial charge in [-0.1, -0.05) is 39.0 Å². The van der Waals surface area contributed by atoms with Crippen LogP contribution >= 0.6 is 0 Å². The first-order chi connectivity index (χ1) is 7.22. The second kappa shape index (κ2) is 12.1. The Hall–Kier alpha value is -1.89. The fourth-order valence-corrected chi connectivity index (χ4v) is 0.550. The van der Waals surface area contributed by atoms with Gasteiger partial charge in [0.2, 0.25) is 0 Å². The van der Waals surface area contributed by atoms with E-state index in [0.717, 1.165) is 0 Å². The molecule has 1 aromatic carbocycles. The summed E-state index contributed by atoms with van der Waals surface area (Å²) in [6.45, 7) is 5.82. The molecule has 0 bridgehead atoms. The molecule has 0 heterocycles. The Balaban J connectivity index is 0. The van der Waals surface area contributed by atoms with E-state index in [9.17, 15) is 10.1 Å². The Morgan fingerprint density at radius 3 is 1.93 bits per heavy atom. The van der Waals surface area contributed by atoms with Crippen LogP contribution in [0.25, 0.3) is 0 Å². The summed E-state index contributed by atoms with van der Waals surface area (Å²) in [5.74, 6) is 0. The zero-order valence-corrected chi connectivity index (χ0v) is 9.30. The molecule has 0 aliphatic heterocycles. The Morgan fingerprint density at radius 2 is 1.73 bits per heavy atom. The van der Waals surface area contributed by atoms with Gasteiger partial charge in [0.05, 0.1) is 11.0 Å². The maximum Gasteiger partial charge on any atom is 0.269 e. The van der Waals surface area contributed by atoms with E-state index in [1.165, 1.54) is 12.1 Å². The number of benzene rings is 1. The van der Waals surface area contributed by atoms with Crippen LogP contribution in [0.1, 0.15) is 27.2 Å². The van der Waals surface area contributed by atoms with Crippen LogP contribution < -0.4 is 0 Å². The summed E-state index contributed by atoms with van der Waals surface area (Å²) in [5.41, 5.74) is 0.137. The van der Waals surface area contributed by atoms with Crippen molar-refractivity contribution >= 4 is 5.69 Å². The minimum atomic E-state index is -0.417. The molecule has 82 valence electrons. The maximum absolute atomic E-state index is 10.0. The summed E-state index contributed by atoms with van der Waals surface area (Å²) >= 11 is 0. The molecule has 0 spiro atoms. The van der Waals surface area contributed by atoms with E-state index in [1.54, 1.807) is 18.2 Å². The highest BCUT2D eigenvalue weighted by Crippen LogP contribution is 2.06. The molecule has 0 fully saturated rings. The molecule has 0 saturated heterocycles. The van der Waals surface area contributed by atoms with Crippen LogP contribution in [0.15, 0.2) is 30.3 Å².